The summed E-state index contributed by atoms with van der Waals surface area (Å²) in [5.41, 5.74) is 1.33. The molecule has 32 heavy (non-hydrogen) atoms. The number of piperazine rings is 1. The van der Waals surface area contributed by atoms with E-state index < -0.39 is 0 Å². The van der Waals surface area contributed by atoms with Crippen LogP contribution in [0, 0.1) is 0 Å². The number of hydrogen-bond acceptors (Lipinski definition) is 7. The number of aromatic nitrogens is 2. The average molecular weight is 473 g/mol. The van der Waals surface area contributed by atoms with Gasteiger partial charge >= 0.3 is 0 Å². The number of nitrogens with zero attached hydrogens (tertiary/aromatic N) is 4. The van der Waals surface area contributed by atoms with E-state index in [1.807, 2.05) is 24.3 Å². The first-order valence-electron chi connectivity index (χ1n) is 10.9. The van der Waals surface area contributed by atoms with Gasteiger partial charge in [0.1, 0.15) is 5.69 Å². The number of benzene rings is 1. The van der Waals surface area contributed by atoms with Crippen LogP contribution in [0.4, 0.5) is 5.95 Å². The van der Waals surface area contributed by atoms with E-state index in [1.165, 1.54) is 0 Å². The molecule has 1 unspecified atom stereocenters. The van der Waals surface area contributed by atoms with Crippen molar-refractivity contribution >= 4 is 44.9 Å². The lowest BCUT2D eigenvalue weighted by Crippen LogP contribution is -2.50. The Morgan fingerprint density at radius 2 is 2.19 bits per heavy atom. The van der Waals surface area contributed by atoms with Crippen LogP contribution in [0.2, 0.25) is 5.02 Å². The Morgan fingerprint density at radius 1 is 1.34 bits per heavy atom. The Kier molecular flexibility index (Phi) is 7.25. The number of halogens is 1. The number of anilines is 1. The van der Waals surface area contributed by atoms with Crippen LogP contribution >= 0.6 is 22.9 Å². The molecule has 1 saturated heterocycles. The molecule has 3 heterocycles. The third-order valence-corrected chi connectivity index (χ3v) is 7.27. The molecule has 0 bridgehead atoms. The lowest BCUT2D eigenvalue weighted by Gasteiger charge is -2.38. The zero-order chi connectivity index (χ0) is 22.7. The molecule has 170 valence electrons. The van der Waals surface area contributed by atoms with Gasteiger partial charge in [-0.1, -0.05) is 17.7 Å². The molecule has 7 nitrogen and oxygen atoms in total. The number of amides is 1. The van der Waals surface area contributed by atoms with Crippen molar-refractivity contribution < 1.29 is 4.79 Å². The van der Waals surface area contributed by atoms with E-state index in [0.29, 0.717) is 28.3 Å². The minimum absolute atomic E-state index is 0.106. The smallest absolute Gasteiger partial charge is 0.251 e. The summed E-state index contributed by atoms with van der Waals surface area (Å²) in [5.74, 6) is 0.463. The predicted molar refractivity (Wildman–Crippen MR) is 133 cm³/mol. The minimum Gasteiger partial charge on any atom is -0.355 e. The van der Waals surface area contributed by atoms with Crippen LogP contribution in [0.25, 0.3) is 20.7 Å². The third-order valence-electron chi connectivity index (χ3n) is 5.88. The Morgan fingerprint density at radius 3 is 2.97 bits per heavy atom. The van der Waals surface area contributed by atoms with Gasteiger partial charge < -0.3 is 15.5 Å². The van der Waals surface area contributed by atoms with Crippen molar-refractivity contribution in [3.05, 3.63) is 41.0 Å². The second-order valence-corrected chi connectivity index (χ2v) is 9.72. The van der Waals surface area contributed by atoms with Gasteiger partial charge in [0, 0.05) is 61.5 Å². The highest BCUT2D eigenvalue weighted by Crippen LogP contribution is 2.37. The lowest BCUT2D eigenvalue weighted by atomic mass is 10.1. The molecule has 3 aromatic rings. The maximum Gasteiger partial charge on any atom is 0.251 e. The van der Waals surface area contributed by atoms with E-state index in [9.17, 15) is 4.79 Å². The molecule has 0 radical (unpaired) electrons. The molecule has 0 aliphatic carbocycles. The molecule has 2 aromatic heterocycles. The highest BCUT2D eigenvalue weighted by Gasteiger charge is 2.20. The van der Waals surface area contributed by atoms with E-state index >= 15 is 0 Å². The number of rotatable bonds is 7. The molecule has 1 aliphatic rings. The molecule has 9 heteroatoms. The SMILES string of the molecule is CNC(=O)c1cccc2sc(-c3nc(NCCCN4CCN(C)CC4C)ncc3Cl)cc12. The molecule has 1 fully saturated rings. The summed E-state index contributed by atoms with van der Waals surface area (Å²) in [6, 6.07) is 8.29. The number of carbonyl (C=O) groups is 1. The first-order valence-corrected chi connectivity index (χ1v) is 12.1. The molecule has 1 aliphatic heterocycles. The average Bonchev–Trinajstić information content (AvgIpc) is 3.22. The van der Waals surface area contributed by atoms with Gasteiger partial charge in [-0.2, -0.15) is 0 Å². The van der Waals surface area contributed by atoms with Crippen molar-refractivity contribution in [1.82, 2.24) is 25.1 Å². The number of carbonyl (C=O) groups excluding carboxylic acids is 1. The van der Waals surface area contributed by atoms with Gasteiger partial charge in [0.2, 0.25) is 5.95 Å². The van der Waals surface area contributed by atoms with Crippen molar-refractivity contribution in [1.29, 1.82) is 0 Å². The van der Waals surface area contributed by atoms with Crippen molar-refractivity contribution in [3.8, 4) is 10.6 Å². The molecule has 1 amide bonds. The summed E-state index contributed by atoms with van der Waals surface area (Å²) in [4.78, 5) is 27.1. The first-order chi connectivity index (χ1) is 15.5. The predicted octanol–water partition coefficient (Wildman–Crippen LogP) is 3.81. The minimum atomic E-state index is -0.106. The molecule has 1 aromatic carbocycles. The molecule has 1 atom stereocenters. The first kappa shape index (κ1) is 22.9. The van der Waals surface area contributed by atoms with E-state index in [4.69, 9.17) is 11.6 Å². The van der Waals surface area contributed by atoms with Gasteiger partial charge in [-0.3, -0.25) is 9.69 Å². The standard InChI is InChI=1S/C23H29ClN6OS/c1-15-14-29(3)10-11-30(15)9-5-8-26-23-27-13-18(24)21(28-23)20-12-17-16(22(31)25-2)6-4-7-19(17)32-20/h4,6-7,12-13,15H,5,8-11,14H2,1-3H3,(H,25,31)(H,26,27,28). The van der Waals surface area contributed by atoms with E-state index in [0.717, 1.165) is 54.1 Å². The summed E-state index contributed by atoms with van der Waals surface area (Å²) >= 11 is 8.01. The second kappa shape index (κ2) is 10.1. The normalized spacial score (nSPS) is 17.6. The monoisotopic (exact) mass is 472 g/mol. The van der Waals surface area contributed by atoms with Gasteiger partial charge in [0.15, 0.2) is 0 Å². The summed E-state index contributed by atoms with van der Waals surface area (Å²) in [5, 5.41) is 7.43. The summed E-state index contributed by atoms with van der Waals surface area (Å²) in [6.45, 7) is 7.50. The van der Waals surface area contributed by atoms with Crippen molar-refractivity contribution in [2.45, 2.75) is 19.4 Å². The van der Waals surface area contributed by atoms with Gasteiger partial charge in [0.05, 0.1) is 16.1 Å². The van der Waals surface area contributed by atoms with Crippen molar-refractivity contribution in [2.24, 2.45) is 0 Å². The number of hydrogen-bond donors (Lipinski definition) is 2. The topological polar surface area (TPSA) is 73.4 Å². The Balaban J connectivity index is 1.44. The van der Waals surface area contributed by atoms with Crippen molar-refractivity contribution in [3.63, 3.8) is 0 Å². The van der Waals surface area contributed by atoms with E-state index in [-0.39, 0.29) is 5.91 Å². The lowest BCUT2D eigenvalue weighted by molar-refractivity contribution is 0.0964. The van der Waals surface area contributed by atoms with Crippen LogP contribution in [0.1, 0.15) is 23.7 Å². The van der Waals surface area contributed by atoms with Gasteiger partial charge in [-0.05, 0) is 38.6 Å². The summed E-state index contributed by atoms with van der Waals surface area (Å²) in [7, 11) is 3.82. The fourth-order valence-electron chi connectivity index (χ4n) is 4.13. The number of likely N-dealkylation sites (N-methyl/N-ethyl adjacent to an activating group) is 1. The number of nitrogens with one attached hydrogen (secondary N) is 2. The zero-order valence-electron chi connectivity index (χ0n) is 18.7. The third kappa shape index (κ3) is 5.04. The van der Waals surface area contributed by atoms with Crippen LogP contribution in [0.15, 0.2) is 30.5 Å². The quantitative estimate of drug-likeness (QED) is 0.509. The molecule has 0 spiro atoms. The largest absolute Gasteiger partial charge is 0.355 e. The Labute approximate surface area is 197 Å². The van der Waals surface area contributed by atoms with Crippen LogP contribution < -0.4 is 10.6 Å². The second-order valence-electron chi connectivity index (χ2n) is 8.22. The zero-order valence-corrected chi connectivity index (χ0v) is 20.3. The molecule has 4 rings (SSSR count). The van der Waals surface area contributed by atoms with Crippen molar-refractivity contribution in [2.75, 3.05) is 52.1 Å². The van der Waals surface area contributed by atoms with E-state index in [1.54, 1.807) is 24.6 Å². The van der Waals surface area contributed by atoms with Crippen LogP contribution in [-0.4, -0.2) is 78.5 Å². The molecular weight excluding hydrogens is 444 g/mol. The summed E-state index contributed by atoms with van der Waals surface area (Å²) in [6.07, 6.45) is 2.66. The fraction of sp³-hybridized carbons (Fsp3) is 0.435. The van der Waals surface area contributed by atoms with Crippen LogP contribution in [0.3, 0.4) is 0 Å². The van der Waals surface area contributed by atoms with Gasteiger partial charge in [0.25, 0.3) is 5.91 Å². The fourth-order valence-corrected chi connectivity index (χ4v) is 5.47. The summed E-state index contributed by atoms with van der Waals surface area (Å²) < 4.78 is 1.02. The number of thiophene rings is 1. The van der Waals surface area contributed by atoms with E-state index in [2.05, 4.69) is 44.4 Å². The molecule has 2 N–H and O–H groups in total. The Bertz CT molecular complexity index is 1100. The highest BCUT2D eigenvalue weighted by atomic mass is 35.5. The maximum absolute atomic E-state index is 12.2. The molecular formula is C23H29ClN6OS. The number of fused-ring (bicyclic) bond motifs is 1. The highest BCUT2D eigenvalue weighted by molar-refractivity contribution is 7.22. The molecule has 0 saturated carbocycles. The Hall–Kier alpha value is -2.26. The van der Waals surface area contributed by atoms with Crippen LogP contribution in [-0.2, 0) is 0 Å². The van der Waals surface area contributed by atoms with Gasteiger partial charge in [-0.15, -0.1) is 11.3 Å². The maximum atomic E-state index is 12.2. The van der Waals surface area contributed by atoms with Crippen LogP contribution in [0.5, 0.6) is 0 Å². The van der Waals surface area contributed by atoms with Gasteiger partial charge in [-0.25, -0.2) is 9.97 Å².